The second-order valence-electron chi connectivity index (χ2n) is 10.6. The summed E-state index contributed by atoms with van der Waals surface area (Å²) in [6, 6.07) is 8.60. The fourth-order valence-corrected chi connectivity index (χ4v) is 5.94. The Kier molecular flexibility index (Phi) is 7.64. The number of aryl methyl sites for hydroxylation is 2. The van der Waals surface area contributed by atoms with E-state index in [9.17, 15) is 26.4 Å². The molecule has 2 aromatic heterocycles. The number of pyridine rings is 1. The highest BCUT2D eigenvalue weighted by Gasteiger charge is 2.46. The van der Waals surface area contributed by atoms with E-state index < -0.39 is 27.3 Å². The highest BCUT2D eigenvalue weighted by molar-refractivity contribution is 7.93. The number of aromatic nitrogens is 3. The van der Waals surface area contributed by atoms with E-state index in [0.717, 1.165) is 40.3 Å². The largest absolute Gasteiger partial charge is 0.516 e. The van der Waals surface area contributed by atoms with E-state index in [2.05, 4.69) is 26.3 Å². The number of hydrogen-bond acceptors (Lipinski definition) is 8. The van der Waals surface area contributed by atoms with Crippen molar-refractivity contribution in [3.63, 3.8) is 0 Å². The Hall–Kier alpha value is -3.78. The van der Waals surface area contributed by atoms with E-state index >= 15 is 0 Å². The zero-order valence-electron chi connectivity index (χ0n) is 22.7. The molecule has 4 heterocycles. The van der Waals surface area contributed by atoms with Crippen molar-refractivity contribution in [3.05, 3.63) is 70.7 Å². The number of nitrogens with zero attached hydrogens (tertiary/aromatic N) is 5. The molecule has 0 unspecified atom stereocenters. The first kappa shape index (κ1) is 28.7. The minimum absolute atomic E-state index is 0.0536. The number of nitrogens with one attached hydrogen (secondary N) is 2. The van der Waals surface area contributed by atoms with Crippen LogP contribution in [0, 0.1) is 13.8 Å². The van der Waals surface area contributed by atoms with Crippen LogP contribution < -0.4 is 10.0 Å². The van der Waals surface area contributed by atoms with Crippen LogP contribution in [0.4, 0.5) is 30.6 Å². The first-order valence-electron chi connectivity index (χ1n) is 13.1. The molecule has 0 aliphatic carbocycles. The number of benzene rings is 1. The minimum Gasteiger partial charge on any atom is -0.336 e. The lowest BCUT2D eigenvalue weighted by molar-refractivity contribution is -0.0429. The third-order valence-corrected chi connectivity index (χ3v) is 8.42. The zero-order valence-corrected chi connectivity index (χ0v) is 23.6. The molecule has 0 radical (unpaired) electrons. The summed E-state index contributed by atoms with van der Waals surface area (Å²) < 4.78 is 62.5. The van der Waals surface area contributed by atoms with Gasteiger partial charge in [0.1, 0.15) is 5.82 Å². The normalized spacial score (nSPS) is 19.6. The van der Waals surface area contributed by atoms with Gasteiger partial charge in [0.25, 0.3) is 5.91 Å². The van der Waals surface area contributed by atoms with Crippen LogP contribution in [0.25, 0.3) is 0 Å². The van der Waals surface area contributed by atoms with E-state index in [1.807, 2.05) is 39.1 Å². The molecule has 1 aromatic carbocycles. The summed E-state index contributed by atoms with van der Waals surface area (Å²) in [4.78, 5) is 30.1. The second-order valence-corrected chi connectivity index (χ2v) is 12.3. The molecule has 2 atom stereocenters. The van der Waals surface area contributed by atoms with Gasteiger partial charge in [-0.2, -0.15) is 21.6 Å². The van der Waals surface area contributed by atoms with Crippen molar-refractivity contribution in [1.82, 2.24) is 24.8 Å². The molecule has 0 bridgehead atoms. The van der Waals surface area contributed by atoms with Crippen molar-refractivity contribution in [2.75, 3.05) is 16.6 Å². The summed E-state index contributed by atoms with van der Waals surface area (Å²) in [5.74, 6) is -0.430. The fraction of sp³-hybridized carbons (Fsp3) is 0.407. The van der Waals surface area contributed by atoms with Gasteiger partial charge in [0.2, 0.25) is 5.95 Å². The lowest BCUT2D eigenvalue weighted by Gasteiger charge is -2.41. The number of anilines is 3. The third kappa shape index (κ3) is 6.27. The van der Waals surface area contributed by atoms with Crippen molar-refractivity contribution < 1.29 is 26.4 Å². The van der Waals surface area contributed by atoms with Gasteiger partial charge in [-0.3, -0.25) is 14.4 Å². The first-order chi connectivity index (χ1) is 19.3. The van der Waals surface area contributed by atoms with Crippen molar-refractivity contribution in [2.24, 2.45) is 0 Å². The molecule has 10 nitrogen and oxygen atoms in total. The molecule has 3 aromatic rings. The number of fused-ring (bicyclic) bond motifs is 1. The van der Waals surface area contributed by atoms with Crippen LogP contribution in [0.5, 0.6) is 0 Å². The van der Waals surface area contributed by atoms with Gasteiger partial charge < -0.3 is 10.2 Å². The van der Waals surface area contributed by atoms with Gasteiger partial charge in [0, 0.05) is 60.9 Å². The van der Waals surface area contributed by atoms with E-state index in [0.29, 0.717) is 38.4 Å². The van der Waals surface area contributed by atoms with Crippen molar-refractivity contribution in [1.29, 1.82) is 0 Å². The molecule has 2 N–H and O–H groups in total. The number of carbonyl (C=O) groups is 1. The number of carbonyl (C=O) groups excluding carboxylic acids is 1. The summed E-state index contributed by atoms with van der Waals surface area (Å²) >= 11 is 0. The van der Waals surface area contributed by atoms with Crippen LogP contribution in [-0.2, 0) is 23.1 Å². The summed E-state index contributed by atoms with van der Waals surface area (Å²) in [6.07, 6.45) is 4.34. The van der Waals surface area contributed by atoms with E-state index in [1.54, 1.807) is 4.90 Å². The molecule has 2 aliphatic rings. The van der Waals surface area contributed by atoms with Crippen LogP contribution in [0.2, 0.25) is 0 Å². The number of likely N-dealkylation sites (tertiary alicyclic amines) is 1. The Bertz CT molecular complexity index is 1560. The van der Waals surface area contributed by atoms with E-state index in [4.69, 9.17) is 4.98 Å². The first-order valence-corrected chi connectivity index (χ1v) is 14.6. The quantitative estimate of drug-likeness (QED) is 0.431. The van der Waals surface area contributed by atoms with Gasteiger partial charge in [-0.05, 0) is 69.0 Å². The predicted molar refractivity (Wildman–Crippen MR) is 147 cm³/mol. The molecular formula is C27H30F3N7O3S. The van der Waals surface area contributed by atoms with Gasteiger partial charge in [-0.25, -0.2) is 15.0 Å². The molecule has 0 saturated carbocycles. The summed E-state index contributed by atoms with van der Waals surface area (Å²) in [5, 5.41) is 3.29. The van der Waals surface area contributed by atoms with Gasteiger partial charge in [0.15, 0.2) is 0 Å². The number of amides is 1. The number of rotatable bonds is 6. The topological polar surface area (TPSA) is 120 Å². The number of alkyl halides is 3. The molecular weight excluding hydrogens is 559 g/mol. The SMILES string of the molecule is Cc1cc(C)cc(Nc2ncc3c(n2)CN([C@@H]2CCN(C(=O)c4ccnc(NS(=O)(=O)C(F)(F)F)c4)[C@H](C)C2)C3)c1. The smallest absolute Gasteiger partial charge is 0.336 e. The Morgan fingerprint density at radius 3 is 2.49 bits per heavy atom. The molecule has 41 heavy (non-hydrogen) atoms. The zero-order chi connectivity index (χ0) is 29.5. The van der Waals surface area contributed by atoms with Crippen molar-refractivity contribution in [3.8, 4) is 0 Å². The average Bonchev–Trinajstić information content (AvgIpc) is 3.30. The lowest BCUT2D eigenvalue weighted by atomic mass is 9.96. The summed E-state index contributed by atoms with van der Waals surface area (Å²) in [5.41, 5.74) is -0.190. The van der Waals surface area contributed by atoms with Crippen molar-refractivity contribution in [2.45, 2.75) is 64.3 Å². The van der Waals surface area contributed by atoms with Crippen molar-refractivity contribution >= 4 is 33.4 Å². The monoisotopic (exact) mass is 589 g/mol. The minimum atomic E-state index is -5.65. The molecule has 0 spiro atoms. The summed E-state index contributed by atoms with van der Waals surface area (Å²) in [7, 11) is -5.65. The van der Waals surface area contributed by atoms with Crippen LogP contribution >= 0.6 is 0 Å². The number of halogens is 3. The second kappa shape index (κ2) is 10.9. The Balaban J connectivity index is 1.21. The molecule has 1 fully saturated rings. The number of hydrogen-bond donors (Lipinski definition) is 2. The van der Waals surface area contributed by atoms with Crippen LogP contribution in [0.3, 0.4) is 0 Å². The standard InChI is InChI=1S/C27H30F3N7O3S/c1-16-8-17(2)10-21(9-16)33-26-32-13-20-14-36(15-23(20)34-26)22-5-7-37(18(3)11-22)25(38)19-4-6-31-24(12-19)35-41(39,40)27(28,29)30/h4,6,8-10,12-13,18,22H,5,7,11,14-15H2,1-3H3,(H,31,35)(H,32,33,34)/t18-,22-/m1/s1. The molecule has 1 saturated heterocycles. The average molecular weight is 590 g/mol. The maximum Gasteiger partial charge on any atom is 0.516 e. The highest BCUT2D eigenvalue weighted by atomic mass is 32.2. The van der Waals surface area contributed by atoms with Crippen LogP contribution in [-0.4, -0.2) is 63.2 Å². The van der Waals surface area contributed by atoms with E-state index in [-0.39, 0.29) is 17.6 Å². The molecule has 14 heteroatoms. The van der Waals surface area contributed by atoms with E-state index in [1.165, 1.54) is 10.8 Å². The lowest BCUT2D eigenvalue weighted by Crippen LogP contribution is -2.50. The maximum atomic E-state index is 13.2. The molecule has 2 aliphatic heterocycles. The predicted octanol–water partition coefficient (Wildman–Crippen LogP) is 4.50. The van der Waals surface area contributed by atoms with Gasteiger partial charge >= 0.3 is 15.5 Å². The fourth-order valence-electron chi connectivity index (χ4n) is 5.43. The van der Waals surface area contributed by atoms with Crippen LogP contribution in [0.1, 0.15) is 52.5 Å². The molecule has 1 amide bonds. The van der Waals surface area contributed by atoms with Gasteiger partial charge in [0.05, 0.1) is 5.69 Å². The Labute approximate surface area is 236 Å². The number of sulfonamides is 1. The molecule has 218 valence electrons. The highest BCUT2D eigenvalue weighted by Crippen LogP contribution is 2.31. The third-order valence-electron chi connectivity index (χ3n) is 7.33. The van der Waals surface area contributed by atoms with Gasteiger partial charge in [-0.15, -0.1) is 0 Å². The summed E-state index contributed by atoms with van der Waals surface area (Å²) in [6.45, 7) is 7.81. The van der Waals surface area contributed by atoms with Gasteiger partial charge in [-0.1, -0.05) is 6.07 Å². The Morgan fingerprint density at radius 1 is 1.07 bits per heavy atom. The Morgan fingerprint density at radius 2 is 1.80 bits per heavy atom. The molecule has 5 rings (SSSR count). The number of piperidine rings is 1. The maximum absolute atomic E-state index is 13.2. The van der Waals surface area contributed by atoms with Crippen LogP contribution in [0.15, 0.2) is 42.7 Å².